The lowest BCUT2D eigenvalue weighted by Crippen LogP contribution is -1.90. The Morgan fingerprint density at radius 3 is 2.00 bits per heavy atom. The standard InChI is InChI=1S/C3H7N.ClH.Mg/c1-2-3-4;;/h2H,1,3-4H2;1H;/q;;+3/p-1. The molecule has 0 aromatic carbocycles. The van der Waals surface area contributed by atoms with Crippen molar-refractivity contribution in [2.24, 2.45) is 5.73 Å². The molecule has 0 aromatic rings. The van der Waals surface area contributed by atoms with E-state index in [4.69, 9.17) is 5.73 Å². The fourth-order valence-electron chi connectivity index (χ4n) is 0. The van der Waals surface area contributed by atoms with Gasteiger partial charge in [-0.1, -0.05) is 6.08 Å². The second-order valence-electron chi connectivity index (χ2n) is 0.524. The third-order valence-corrected chi connectivity index (χ3v) is 0.167. The highest BCUT2D eigenvalue weighted by Gasteiger charge is 2.16. The first-order valence-electron chi connectivity index (χ1n) is 1.49. The van der Waals surface area contributed by atoms with Crippen LogP contribution in [-0.4, -0.2) is 27.2 Å². The van der Waals surface area contributed by atoms with E-state index in [1.54, 1.807) is 6.08 Å². The molecule has 0 atom stereocenters. The van der Waals surface area contributed by atoms with E-state index in [1.807, 2.05) is 0 Å². The van der Waals surface area contributed by atoms with Gasteiger partial charge in [-0.3, -0.25) is 0 Å². The molecule has 0 aliphatic heterocycles. The summed E-state index contributed by atoms with van der Waals surface area (Å²) < 4.78 is 0. The average Bonchev–Trinajstić information content (AvgIpc) is 1.72. The molecular formula is C3H7ClMgN+2. The van der Waals surface area contributed by atoms with E-state index in [-0.39, 0.29) is 0 Å². The molecule has 0 fully saturated rings. The number of halogens is 1. The van der Waals surface area contributed by atoms with Crippen molar-refractivity contribution in [2.75, 3.05) is 6.54 Å². The molecule has 0 spiro atoms. The molecule has 0 aliphatic rings. The van der Waals surface area contributed by atoms with E-state index >= 15 is 0 Å². The van der Waals surface area contributed by atoms with E-state index in [0.29, 0.717) is 6.54 Å². The van der Waals surface area contributed by atoms with Gasteiger partial charge in [-0.25, -0.2) is 0 Å². The molecule has 0 aliphatic carbocycles. The van der Waals surface area contributed by atoms with Gasteiger partial charge in [0.25, 0.3) is 0 Å². The van der Waals surface area contributed by atoms with Gasteiger partial charge in [0.05, 0.1) is 0 Å². The Morgan fingerprint density at radius 2 is 2.00 bits per heavy atom. The second kappa shape index (κ2) is 17.1. The van der Waals surface area contributed by atoms with Crippen LogP contribution in [0.5, 0.6) is 0 Å². The molecule has 0 saturated carbocycles. The Labute approximate surface area is 54.8 Å². The van der Waals surface area contributed by atoms with Crippen LogP contribution in [0.2, 0.25) is 0 Å². The minimum atomic E-state index is 0.583. The van der Waals surface area contributed by atoms with Crippen molar-refractivity contribution in [3.05, 3.63) is 12.7 Å². The molecule has 3 heteroatoms. The molecule has 0 heterocycles. The summed E-state index contributed by atoms with van der Waals surface area (Å²) in [6.07, 6.45) is 1.65. The molecule has 2 N–H and O–H groups in total. The molecule has 1 nitrogen and oxygen atoms in total. The first-order valence-corrected chi connectivity index (χ1v) is 3.63. The van der Waals surface area contributed by atoms with Crippen LogP contribution in [0.4, 0.5) is 0 Å². The second-order valence-corrected chi connectivity index (χ2v) is 0.524. The summed E-state index contributed by atoms with van der Waals surface area (Å²) in [6.45, 7) is 3.94. The highest BCUT2D eigenvalue weighted by Crippen LogP contribution is 1.40. The van der Waals surface area contributed by atoms with Gasteiger partial charge in [0.2, 0.25) is 0 Å². The first-order chi connectivity index (χ1) is 2.91. The third kappa shape index (κ3) is 21.8. The van der Waals surface area contributed by atoms with Gasteiger partial charge in [-0.15, -0.1) is 6.58 Å². The summed E-state index contributed by atoms with van der Waals surface area (Å²) in [5.74, 6) is 0. The maximum absolute atomic E-state index is 4.91. The van der Waals surface area contributed by atoms with E-state index in [1.165, 1.54) is 20.6 Å². The van der Waals surface area contributed by atoms with Crippen LogP contribution < -0.4 is 5.73 Å². The van der Waals surface area contributed by atoms with Crippen LogP contribution in [-0.2, 0) is 0 Å². The van der Waals surface area contributed by atoms with Crippen molar-refractivity contribution in [3.8, 4) is 0 Å². The van der Waals surface area contributed by atoms with E-state index in [9.17, 15) is 0 Å². The Bertz CT molecular complexity index is 24.8. The molecule has 0 amide bonds. The van der Waals surface area contributed by atoms with Crippen molar-refractivity contribution in [1.82, 2.24) is 0 Å². The topological polar surface area (TPSA) is 26.0 Å². The zero-order valence-electron chi connectivity index (χ0n) is 3.65. The lowest BCUT2D eigenvalue weighted by atomic mass is 10.7. The maximum Gasteiger partial charge on any atom is 1.59 e. The molecule has 0 unspecified atom stereocenters. The lowest BCUT2D eigenvalue weighted by Gasteiger charge is -1.61. The van der Waals surface area contributed by atoms with Gasteiger partial charge >= 0.3 is 29.7 Å². The lowest BCUT2D eigenvalue weighted by molar-refractivity contribution is 1.26. The van der Waals surface area contributed by atoms with Gasteiger partial charge < -0.3 is 5.73 Å². The van der Waals surface area contributed by atoms with Crippen LogP contribution in [0.1, 0.15) is 0 Å². The Hall–Kier alpha value is 0.756. The minimum absolute atomic E-state index is 0.583. The Morgan fingerprint density at radius 1 is 1.83 bits per heavy atom. The predicted octanol–water partition coefficient (Wildman–Crippen LogP) is 0.440. The molecule has 0 aromatic heterocycles. The highest BCUT2D eigenvalue weighted by atomic mass is 35.5. The zero-order valence-corrected chi connectivity index (χ0v) is 5.82. The monoisotopic (exact) mass is 116 g/mol. The normalized spacial score (nSPS) is 5.17. The van der Waals surface area contributed by atoms with Crippen molar-refractivity contribution < 1.29 is 0 Å². The fourth-order valence-corrected chi connectivity index (χ4v) is 0. The number of nitrogens with two attached hydrogens (primary N) is 1. The molecule has 7 radical (unpaired) electrons. The van der Waals surface area contributed by atoms with Crippen molar-refractivity contribution >= 4 is 29.7 Å². The minimum Gasteiger partial charge on any atom is -0.327 e. The maximum atomic E-state index is 4.91. The van der Waals surface area contributed by atoms with E-state index in [2.05, 4.69) is 15.7 Å². The zero-order chi connectivity index (χ0) is 5.41. The van der Waals surface area contributed by atoms with Gasteiger partial charge in [0.1, 0.15) is 0 Å². The molecule has 6 heavy (non-hydrogen) atoms. The van der Waals surface area contributed by atoms with Crippen molar-refractivity contribution in [1.29, 1.82) is 0 Å². The molecule has 0 saturated heterocycles. The summed E-state index contributed by atoms with van der Waals surface area (Å²) in [7, 11) is 4.67. The average molecular weight is 117 g/mol. The van der Waals surface area contributed by atoms with Crippen LogP contribution >= 0.6 is 9.07 Å². The Kier molecular flexibility index (Phi) is 28.3. The SMILES string of the molecule is C=CCN.[Mg+2][Cl]. The largest absolute Gasteiger partial charge is 1.59 e. The third-order valence-electron chi connectivity index (χ3n) is 0.167. The number of rotatable bonds is 1. The van der Waals surface area contributed by atoms with Gasteiger partial charge in [0, 0.05) is 6.54 Å². The number of hydrogen-bond donors (Lipinski definition) is 1. The smallest absolute Gasteiger partial charge is 0.327 e. The summed E-state index contributed by atoms with van der Waals surface area (Å²) >= 11 is 1.33. The van der Waals surface area contributed by atoms with Crippen molar-refractivity contribution in [3.63, 3.8) is 0 Å². The quantitative estimate of drug-likeness (QED) is 0.391. The van der Waals surface area contributed by atoms with Gasteiger partial charge in [-0.05, 0) is 0 Å². The van der Waals surface area contributed by atoms with Gasteiger partial charge in [0.15, 0.2) is 0 Å². The molecule has 31 valence electrons. The van der Waals surface area contributed by atoms with E-state index in [0.717, 1.165) is 0 Å². The molecule has 0 rings (SSSR count). The molecular weight excluding hydrogens is 110 g/mol. The predicted molar refractivity (Wildman–Crippen MR) is 30.9 cm³/mol. The van der Waals surface area contributed by atoms with Crippen molar-refractivity contribution in [2.45, 2.75) is 0 Å². The summed E-state index contributed by atoms with van der Waals surface area (Å²) in [4.78, 5) is 0. The summed E-state index contributed by atoms with van der Waals surface area (Å²) in [5, 5.41) is 0. The van der Waals surface area contributed by atoms with Crippen LogP contribution in [0.25, 0.3) is 0 Å². The van der Waals surface area contributed by atoms with Gasteiger partial charge in [-0.2, -0.15) is 0 Å². The molecule has 0 bridgehead atoms. The van der Waals surface area contributed by atoms with Crippen LogP contribution in [0.15, 0.2) is 12.7 Å². The Balaban J connectivity index is 0. The fraction of sp³-hybridized carbons (Fsp3) is 0.333. The summed E-state index contributed by atoms with van der Waals surface area (Å²) in [6, 6.07) is 0. The summed E-state index contributed by atoms with van der Waals surface area (Å²) in [5.41, 5.74) is 4.91. The van der Waals surface area contributed by atoms with Crippen LogP contribution in [0.3, 0.4) is 0 Å². The first kappa shape index (κ1) is 9.90. The highest BCUT2D eigenvalue weighted by molar-refractivity contribution is 6.80. The van der Waals surface area contributed by atoms with E-state index < -0.39 is 0 Å². The van der Waals surface area contributed by atoms with Crippen LogP contribution in [0, 0.1) is 0 Å². The number of hydrogen-bond acceptors (Lipinski definition) is 1.